The fourth-order valence-electron chi connectivity index (χ4n) is 1.62. The highest BCUT2D eigenvalue weighted by molar-refractivity contribution is 9.10. The molecule has 2 nitrogen and oxygen atoms in total. The van der Waals surface area contributed by atoms with E-state index in [1.54, 1.807) is 12.1 Å². The maximum Gasteiger partial charge on any atom is 0.406 e. The third-order valence-electron chi connectivity index (χ3n) is 2.51. The van der Waals surface area contributed by atoms with Gasteiger partial charge in [0.25, 0.3) is 5.91 Å². The van der Waals surface area contributed by atoms with Gasteiger partial charge in [-0.3, -0.25) is 4.79 Å². The average Bonchev–Trinajstić information content (AvgIpc) is 2.32. The molecule has 19 heavy (non-hydrogen) atoms. The van der Waals surface area contributed by atoms with Crippen molar-refractivity contribution >= 4 is 21.8 Å². The largest absolute Gasteiger partial charge is 0.406 e. The summed E-state index contributed by atoms with van der Waals surface area (Å²) in [5, 5.41) is 0. The predicted octanol–water partition coefficient (Wildman–Crippen LogP) is 4.25. The molecule has 0 saturated heterocycles. The fourth-order valence-corrected chi connectivity index (χ4v) is 2.02. The Labute approximate surface area is 118 Å². The highest BCUT2D eigenvalue weighted by Gasteiger charge is 2.33. The number of alkyl halides is 3. The Hall–Kier alpha value is -1.04. The van der Waals surface area contributed by atoms with Crippen molar-refractivity contribution in [3.63, 3.8) is 0 Å². The van der Waals surface area contributed by atoms with Crippen LogP contribution in [0, 0.1) is 0 Å². The molecule has 0 bridgehead atoms. The van der Waals surface area contributed by atoms with Crippen molar-refractivity contribution in [3.8, 4) is 0 Å². The average molecular weight is 338 g/mol. The first-order valence-corrected chi connectivity index (χ1v) is 6.74. The molecule has 1 amide bonds. The summed E-state index contributed by atoms with van der Waals surface area (Å²) in [5.74, 6) is -0.591. The van der Waals surface area contributed by atoms with E-state index >= 15 is 0 Å². The molecule has 0 radical (unpaired) electrons. The second-order valence-corrected chi connectivity index (χ2v) is 5.12. The van der Waals surface area contributed by atoms with Gasteiger partial charge in [0.15, 0.2) is 0 Å². The van der Waals surface area contributed by atoms with E-state index in [-0.39, 0.29) is 12.1 Å². The zero-order chi connectivity index (χ0) is 14.5. The van der Waals surface area contributed by atoms with Crippen molar-refractivity contribution in [1.29, 1.82) is 0 Å². The molecule has 0 heterocycles. The molecule has 0 aliphatic heterocycles. The molecule has 0 aliphatic rings. The number of rotatable bonds is 5. The monoisotopic (exact) mass is 337 g/mol. The van der Waals surface area contributed by atoms with Gasteiger partial charge in [-0.15, -0.1) is 0 Å². The molecule has 106 valence electrons. The molecule has 6 heteroatoms. The van der Waals surface area contributed by atoms with Crippen molar-refractivity contribution in [2.24, 2.45) is 0 Å². The van der Waals surface area contributed by atoms with Crippen LogP contribution in [0.1, 0.15) is 30.1 Å². The summed E-state index contributed by atoms with van der Waals surface area (Å²) in [5.41, 5.74) is 0.259. The van der Waals surface area contributed by atoms with Crippen LogP contribution in [-0.2, 0) is 0 Å². The summed E-state index contributed by atoms with van der Waals surface area (Å²) in [4.78, 5) is 12.9. The number of carbonyl (C=O) groups is 1. The molecular weight excluding hydrogens is 323 g/mol. The van der Waals surface area contributed by atoms with Crippen molar-refractivity contribution in [2.45, 2.75) is 25.9 Å². The summed E-state index contributed by atoms with van der Waals surface area (Å²) in [6, 6.07) is 6.39. The van der Waals surface area contributed by atoms with E-state index in [4.69, 9.17) is 0 Å². The lowest BCUT2D eigenvalue weighted by molar-refractivity contribution is -0.140. The lowest BCUT2D eigenvalue weighted by Crippen LogP contribution is -2.39. The van der Waals surface area contributed by atoms with Crippen LogP contribution in [0.25, 0.3) is 0 Å². The van der Waals surface area contributed by atoms with E-state index in [0.717, 1.165) is 11.3 Å². The van der Waals surface area contributed by atoms with Crippen LogP contribution in [0.4, 0.5) is 13.2 Å². The Bertz CT molecular complexity index is 434. The quantitative estimate of drug-likeness (QED) is 0.786. The maximum absolute atomic E-state index is 12.5. The van der Waals surface area contributed by atoms with Gasteiger partial charge in [0.2, 0.25) is 0 Å². The number of halogens is 4. The first-order chi connectivity index (χ1) is 8.83. The van der Waals surface area contributed by atoms with E-state index < -0.39 is 18.6 Å². The molecule has 0 spiro atoms. The molecule has 1 rings (SSSR count). The van der Waals surface area contributed by atoms with Crippen molar-refractivity contribution in [2.75, 3.05) is 13.1 Å². The Morgan fingerprint density at radius 3 is 2.58 bits per heavy atom. The fraction of sp³-hybridized carbons (Fsp3) is 0.462. The second-order valence-electron chi connectivity index (χ2n) is 4.21. The van der Waals surface area contributed by atoms with Crippen LogP contribution in [0.2, 0.25) is 0 Å². The third-order valence-corrected chi connectivity index (χ3v) is 3.00. The Balaban J connectivity index is 2.87. The molecule has 0 saturated carbocycles. The van der Waals surface area contributed by atoms with Crippen LogP contribution in [0.15, 0.2) is 28.7 Å². The standard InChI is InChI=1S/C13H15BrF3NO/c1-2-3-7-18(9-13(15,16)17)12(19)10-5-4-6-11(14)8-10/h4-6,8H,2-3,7,9H2,1H3. The van der Waals surface area contributed by atoms with Crippen molar-refractivity contribution < 1.29 is 18.0 Å². The summed E-state index contributed by atoms with van der Waals surface area (Å²) in [6.07, 6.45) is -3.09. The van der Waals surface area contributed by atoms with Gasteiger partial charge >= 0.3 is 6.18 Å². The second kappa shape index (κ2) is 6.93. The van der Waals surface area contributed by atoms with Gasteiger partial charge in [-0.2, -0.15) is 13.2 Å². The van der Waals surface area contributed by atoms with Gasteiger partial charge in [-0.1, -0.05) is 35.3 Å². The van der Waals surface area contributed by atoms with Gasteiger partial charge in [-0.05, 0) is 24.6 Å². The van der Waals surface area contributed by atoms with E-state index in [1.165, 1.54) is 12.1 Å². The predicted molar refractivity (Wildman–Crippen MR) is 71.0 cm³/mol. The van der Waals surface area contributed by atoms with Crippen LogP contribution >= 0.6 is 15.9 Å². The smallest absolute Gasteiger partial charge is 0.330 e. The SMILES string of the molecule is CCCCN(CC(F)(F)F)C(=O)c1cccc(Br)c1. The van der Waals surface area contributed by atoms with Crippen LogP contribution < -0.4 is 0 Å². The maximum atomic E-state index is 12.5. The van der Waals surface area contributed by atoms with Crippen molar-refractivity contribution in [1.82, 2.24) is 4.90 Å². The highest BCUT2D eigenvalue weighted by Crippen LogP contribution is 2.20. The number of hydrogen-bond donors (Lipinski definition) is 0. The molecular formula is C13H15BrF3NO. The minimum absolute atomic E-state index is 0.112. The number of unbranched alkanes of at least 4 members (excludes halogenated alkanes) is 1. The lowest BCUT2D eigenvalue weighted by Gasteiger charge is -2.24. The van der Waals surface area contributed by atoms with Crippen molar-refractivity contribution in [3.05, 3.63) is 34.3 Å². The molecule has 1 aromatic carbocycles. The first-order valence-electron chi connectivity index (χ1n) is 5.95. The number of amides is 1. The van der Waals surface area contributed by atoms with Gasteiger partial charge in [0, 0.05) is 16.6 Å². The summed E-state index contributed by atoms with van der Waals surface area (Å²) < 4.78 is 38.1. The molecule has 0 N–H and O–H groups in total. The summed E-state index contributed by atoms with van der Waals surface area (Å²) in [6.45, 7) is 0.773. The minimum atomic E-state index is -4.38. The van der Waals surface area contributed by atoms with E-state index in [1.807, 2.05) is 6.92 Å². The summed E-state index contributed by atoms with van der Waals surface area (Å²) >= 11 is 3.20. The summed E-state index contributed by atoms with van der Waals surface area (Å²) in [7, 11) is 0. The van der Waals surface area contributed by atoms with Gasteiger partial charge in [0.1, 0.15) is 6.54 Å². The van der Waals surface area contributed by atoms with Gasteiger partial charge in [-0.25, -0.2) is 0 Å². The Morgan fingerprint density at radius 2 is 2.05 bits per heavy atom. The number of benzene rings is 1. The van der Waals surface area contributed by atoms with E-state index in [2.05, 4.69) is 15.9 Å². The normalized spacial score (nSPS) is 11.4. The Morgan fingerprint density at radius 1 is 1.37 bits per heavy atom. The number of nitrogens with zero attached hydrogens (tertiary/aromatic N) is 1. The number of hydrogen-bond acceptors (Lipinski definition) is 1. The Kier molecular flexibility index (Phi) is 5.85. The zero-order valence-electron chi connectivity index (χ0n) is 10.5. The first kappa shape index (κ1) is 16.0. The molecule has 1 aromatic rings. The molecule has 0 aliphatic carbocycles. The van der Waals surface area contributed by atoms with Crippen LogP contribution in [0.3, 0.4) is 0 Å². The number of carbonyl (C=O) groups excluding carboxylic acids is 1. The molecule has 0 atom stereocenters. The topological polar surface area (TPSA) is 20.3 Å². The van der Waals surface area contributed by atoms with Crippen LogP contribution in [0.5, 0.6) is 0 Å². The third kappa shape index (κ3) is 5.63. The minimum Gasteiger partial charge on any atom is -0.330 e. The van der Waals surface area contributed by atoms with E-state index in [9.17, 15) is 18.0 Å². The molecule has 0 fully saturated rings. The van der Waals surface area contributed by atoms with Gasteiger partial charge < -0.3 is 4.90 Å². The van der Waals surface area contributed by atoms with Crippen LogP contribution in [-0.4, -0.2) is 30.1 Å². The zero-order valence-corrected chi connectivity index (χ0v) is 12.1. The lowest BCUT2D eigenvalue weighted by atomic mass is 10.2. The van der Waals surface area contributed by atoms with E-state index in [0.29, 0.717) is 10.9 Å². The molecule has 0 unspecified atom stereocenters. The highest BCUT2D eigenvalue weighted by atomic mass is 79.9. The molecule has 0 aromatic heterocycles. The van der Waals surface area contributed by atoms with Gasteiger partial charge in [0.05, 0.1) is 0 Å².